The second-order valence-corrected chi connectivity index (χ2v) is 20.4. The lowest BCUT2D eigenvalue weighted by Crippen LogP contribution is -2.21. The number of methoxy groups -OCH3 is 4. The largest absolute Gasteiger partial charge is 0.480 e. The third kappa shape index (κ3) is 19.1. The Morgan fingerprint density at radius 1 is 0.584 bits per heavy atom. The lowest BCUT2D eigenvalue weighted by Gasteiger charge is -2.16. The molecule has 5 N–H and O–H groups in total. The number of nitriles is 1. The normalized spacial score (nSPS) is 11.3. The molecule has 5 heterocycles. The van der Waals surface area contributed by atoms with Crippen LogP contribution >= 0.6 is 0 Å². The summed E-state index contributed by atoms with van der Waals surface area (Å²) in [4.78, 5) is 60.9. The molecule has 0 aliphatic rings. The maximum atomic E-state index is 13.1. The van der Waals surface area contributed by atoms with Crippen LogP contribution in [0.2, 0.25) is 0 Å². The van der Waals surface area contributed by atoms with E-state index < -0.39 is 31.2 Å². The Morgan fingerprint density at radius 3 is 1.38 bits per heavy atom. The number of aromatic nitrogens is 11. The average Bonchev–Trinajstić information content (AvgIpc) is 3.37. The van der Waals surface area contributed by atoms with Gasteiger partial charge in [-0.1, -0.05) is 35.4 Å². The minimum absolute atomic E-state index is 0.0852. The van der Waals surface area contributed by atoms with E-state index in [1.54, 1.807) is 28.4 Å². The monoisotopic (exact) mass is 1220 g/mol. The van der Waals surface area contributed by atoms with Crippen molar-refractivity contribution in [2.24, 2.45) is 20.5 Å². The molecule has 5 aromatic heterocycles. The lowest BCUT2D eigenvalue weighted by atomic mass is 9.97. The van der Waals surface area contributed by atoms with Crippen molar-refractivity contribution in [2.45, 2.75) is 80.1 Å². The fraction of sp³-hybridized carbons (Fsp3) is 0.441. The van der Waals surface area contributed by atoms with Crippen LogP contribution in [0.5, 0.6) is 6.01 Å². The molecule has 0 fully saturated rings. The van der Waals surface area contributed by atoms with Crippen LogP contribution < -0.4 is 26.0 Å². The fourth-order valence-corrected chi connectivity index (χ4v) is 9.19. The van der Waals surface area contributed by atoms with Gasteiger partial charge in [-0.25, -0.2) is 43.7 Å². The molecule has 89 heavy (non-hydrogen) atoms. The number of anilines is 4. The molecular formula is C59H73N21O9. The van der Waals surface area contributed by atoms with E-state index in [2.05, 4.69) is 144 Å². The molecule has 468 valence electrons. The number of azo groups is 2. The second kappa shape index (κ2) is 33.3. The molecule has 7 aromatic rings. The average molecular weight is 1220 g/mol. The van der Waals surface area contributed by atoms with E-state index >= 15 is 0 Å². The Morgan fingerprint density at radius 2 is 0.989 bits per heavy atom. The number of rotatable bonds is 35. The third-order valence-electron chi connectivity index (χ3n) is 13.2. The Bertz CT molecular complexity index is 3410. The van der Waals surface area contributed by atoms with Crippen molar-refractivity contribution in [2.75, 3.05) is 116 Å². The highest BCUT2D eigenvalue weighted by molar-refractivity contribution is 5.76. The van der Waals surface area contributed by atoms with E-state index in [9.17, 15) is 14.9 Å². The van der Waals surface area contributed by atoms with Gasteiger partial charge in [-0.05, 0) is 101 Å². The van der Waals surface area contributed by atoms with Crippen LogP contribution in [-0.2, 0) is 46.1 Å². The lowest BCUT2D eigenvalue weighted by molar-refractivity contribution is -0.147. The molecule has 0 aliphatic heterocycles. The Labute approximate surface area is 514 Å². The van der Waals surface area contributed by atoms with Gasteiger partial charge in [0.05, 0.1) is 12.8 Å². The molecule has 0 radical (unpaired) electrons. The Kier molecular flexibility index (Phi) is 25.0. The van der Waals surface area contributed by atoms with Crippen LogP contribution in [0.4, 0.5) is 52.0 Å². The van der Waals surface area contributed by atoms with Crippen molar-refractivity contribution in [3.05, 3.63) is 110 Å². The molecule has 0 amide bonds. The van der Waals surface area contributed by atoms with E-state index in [4.69, 9.17) is 60.0 Å². The van der Waals surface area contributed by atoms with Gasteiger partial charge < -0.3 is 54.8 Å². The van der Waals surface area contributed by atoms with Gasteiger partial charge in [0.2, 0.25) is 11.6 Å². The van der Waals surface area contributed by atoms with Gasteiger partial charge in [0.1, 0.15) is 36.5 Å². The summed E-state index contributed by atoms with van der Waals surface area (Å²) >= 11 is 0. The third-order valence-corrected chi connectivity index (χ3v) is 13.2. The zero-order valence-electron chi connectivity index (χ0n) is 51.6. The summed E-state index contributed by atoms with van der Waals surface area (Å²) in [5.74, 6) is -0.949. The molecule has 30 heteroatoms. The zero-order valence-corrected chi connectivity index (χ0v) is 51.6. The first-order valence-electron chi connectivity index (χ1n) is 28.5. The van der Waals surface area contributed by atoms with Crippen LogP contribution in [0.25, 0.3) is 16.7 Å². The quantitative estimate of drug-likeness (QED) is 0.0107. The smallest absolute Gasteiger partial charge is 0.339 e. The highest BCUT2D eigenvalue weighted by Gasteiger charge is 2.23. The number of hydrogen-bond donors (Lipinski definition) is 5. The van der Waals surface area contributed by atoms with Crippen molar-refractivity contribution in [3.8, 4) is 24.0 Å². The molecule has 0 aliphatic carbocycles. The van der Waals surface area contributed by atoms with E-state index in [0.717, 1.165) is 53.9 Å². The van der Waals surface area contributed by atoms with Crippen LogP contribution in [0, 0.1) is 59.4 Å². The van der Waals surface area contributed by atoms with Crippen LogP contribution in [0.15, 0.2) is 57.1 Å². The van der Waals surface area contributed by atoms with Crippen LogP contribution in [-0.4, -0.2) is 166 Å². The number of nitrogens with zero attached hydrogens (tertiary/aromatic N) is 17. The number of carboxylic acids is 1. The molecule has 0 spiro atoms. The number of carboxylic acid groups (broad SMARTS) is 1. The Hall–Kier alpha value is -9.85. The fourth-order valence-electron chi connectivity index (χ4n) is 9.19. The number of nitrogens with one attached hydrogen (secondary N) is 4. The van der Waals surface area contributed by atoms with E-state index in [1.807, 2.05) is 0 Å². The summed E-state index contributed by atoms with van der Waals surface area (Å²) in [7, 11) is 6.48. The number of hydrogen-bond acceptors (Lipinski definition) is 26. The highest BCUT2D eigenvalue weighted by Crippen LogP contribution is 2.37. The molecule has 0 atom stereocenters. The molecular weight excluding hydrogens is 1150 g/mol. The first-order valence-corrected chi connectivity index (χ1v) is 28.5. The molecule has 0 saturated carbocycles. The number of aryl methyl sites for hydroxylation is 6. The van der Waals surface area contributed by atoms with Crippen molar-refractivity contribution < 1.29 is 43.1 Å². The van der Waals surface area contributed by atoms with Crippen molar-refractivity contribution >= 4 is 63.9 Å². The van der Waals surface area contributed by atoms with Gasteiger partial charge in [-0.2, -0.15) is 25.3 Å². The van der Waals surface area contributed by atoms with E-state index in [-0.39, 0.29) is 46.2 Å². The molecule has 7 rings (SSSR count). The molecule has 30 nitrogen and oxygen atoms in total. The topological polar surface area (TPSA) is 361 Å². The zero-order chi connectivity index (χ0) is 63.8. The summed E-state index contributed by atoms with van der Waals surface area (Å²) in [5.41, 5.74) is 9.13. The summed E-state index contributed by atoms with van der Waals surface area (Å²) in [6.45, 7) is 22.6. The van der Waals surface area contributed by atoms with Crippen molar-refractivity contribution in [1.82, 2.24) is 54.4 Å². The highest BCUT2D eigenvalue weighted by atomic mass is 16.6. The predicted octanol–water partition coefficient (Wildman–Crippen LogP) is 8.91. The van der Waals surface area contributed by atoms with E-state index in [0.29, 0.717) is 126 Å². The van der Waals surface area contributed by atoms with Gasteiger partial charge in [0.25, 0.3) is 17.6 Å². The van der Waals surface area contributed by atoms with E-state index in [1.165, 1.54) is 12.4 Å². The van der Waals surface area contributed by atoms with Crippen LogP contribution in [0.3, 0.4) is 0 Å². The van der Waals surface area contributed by atoms with Gasteiger partial charge in [-0.3, -0.25) is 0 Å². The minimum atomic E-state index is -1.32. The van der Waals surface area contributed by atoms with Crippen LogP contribution in [0.1, 0.15) is 87.4 Å². The molecule has 0 bridgehead atoms. The summed E-state index contributed by atoms with van der Waals surface area (Å²) in [5, 5.41) is 60.3. The number of carbonyl (C=O) groups is 2. The maximum Gasteiger partial charge on any atom is 0.339 e. The van der Waals surface area contributed by atoms with Crippen molar-refractivity contribution in [1.29, 1.82) is 5.26 Å². The van der Waals surface area contributed by atoms with Gasteiger partial charge in [-0.15, -0.1) is 25.6 Å². The van der Waals surface area contributed by atoms with Gasteiger partial charge in [0, 0.05) is 100 Å². The molecule has 0 saturated heterocycles. The second-order valence-electron chi connectivity index (χ2n) is 20.4. The maximum absolute atomic E-state index is 13.1. The Balaban J connectivity index is 1.30. The van der Waals surface area contributed by atoms with Crippen molar-refractivity contribution in [3.63, 3.8) is 0 Å². The summed E-state index contributed by atoms with van der Waals surface area (Å²) in [6.07, 6.45) is 5.91. The van der Waals surface area contributed by atoms with Gasteiger partial charge >= 0.3 is 17.9 Å². The molecule has 0 unspecified atom stereocenters. The number of aliphatic carboxylic acids is 1. The predicted molar refractivity (Wildman–Crippen MR) is 328 cm³/mol. The van der Waals surface area contributed by atoms with Gasteiger partial charge in [0.15, 0.2) is 34.6 Å². The summed E-state index contributed by atoms with van der Waals surface area (Å²) in [6, 6.07) is 9.94. The SMILES string of the molecule is [C-]#[N+]c1cn(-c2nc(OC(=O)COCC(=O)O)nc(-n3cc(C#N)c(N=Nc4c(NCCCOC)nc(Cc5c(C)cc(C)cc5C)nc4NCCCOC)n3)n2)nc1N=Nc1c(NCCCOC)nc(Cc2c(C)cc(C)cc2C)nc1NCCCOC. The minimum Gasteiger partial charge on any atom is -0.480 e. The molecule has 2 aromatic carbocycles. The summed E-state index contributed by atoms with van der Waals surface area (Å²) < 4.78 is 33.8. The first kappa shape index (κ1) is 66.7. The number of esters is 1. The number of ether oxygens (including phenoxy) is 6. The number of benzene rings is 2. The standard InChI is InChI=1S/C59H73N21O9/c1-35-24-37(3)42(38(4)25-35)28-45-66-53(62-16-12-20-84-8)49(54(67-45)63-17-13-21-85-9)73-75-51-41(30-60)31-79(77-51)57-70-58(72-59(71-57)89-48(83)34-88-33-47(81)82)80-32-44(61-7)52(78-80)76-74-50-55(64-18-14-22-86-10)68-46(69-56(50)65-19-15-23-87-11)29-43-39(5)26-36(2)27-40(43)6/h24-27,31-32H,12-23,28-29,33-34H2,1-6,8-11H3,(H,81,82)(H2,62,63,66,67)(H2,64,65,68,69). The number of carbonyl (C=O) groups excluding carboxylic acids is 1. The first-order chi connectivity index (χ1) is 43.0.